The second kappa shape index (κ2) is 16.6. The topological polar surface area (TPSA) is 6.48 Å². The first-order chi connectivity index (χ1) is 36.6. The van der Waals surface area contributed by atoms with E-state index in [-0.39, 0.29) is 55.4 Å². The van der Waals surface area contributed by atoms with Gasteiger partial charge in [-0.05, 0) is 234 Å². The second-order valence-corrected chi connectivity index (χ2v) is 33.6. The molecule has 0 spiro atoms. The highest BCUT2D eigenvalue weighted by Gasteiger charge is 2.50. The second-order valence-electron chi connectivity index (χ2n) is 32.5. The molecule has 0 N–H and O–H groups in total. The summed E-state index contributed by atoms with van der Waals surface area (Å²) in [5.41, 5.74) is 28.9. The van der Waals surface area contributed by atoms with Crippen LogP contribution in [0.1, 0.15) is 239 Å². The highest BCUT2D eigenvalue weighted by Crippen LogP contribution is 2.58. The van der Waals surface area contributed by atoms with Gasteiger partial charge in [-0.3, -0.25) is 0 Å². The Bertz CT molecular complexity index is 3760. The molecule has 6 aliphatic rings. The number of aryl methyl sites for hydroxylation is 1. The van der Waals surface area contributed by atoms with Crippen molar-refractivity contribution < 1.29 is 0 Å². The molecule has 0 radical (unpaired) electrons. The molecule has 79 heavy (non-hydrogen) atoms. The Kier molecular flexibility index (Phi) is 11.2. The van der Waals surface area contributed by atoms with E-state index in [1.165, 1.54) is 160 Å². The van der Waals surface area contributed by atoms with Crippen molar-refractivity contribution >= 4 is 78.0 Å². The molecule has 410 valence electrons. The standard InChI is InChI=1S/C75H91BN2S/c1-44-36-60-64-61(37-44)78(59-42-55-53(71(11,12)30-32-73(55,15)16)40-48(59)47-22-21-23-51-63(47)75(19,20)35-34-69(51,7)8)58-27-24-45(67(2,3)4)38-57(58)76(64)66-65(49-41-54-56(43-62(49)79-66)74(17,18)33-31-72(54,13)14)77(60)46-25-26-50-52(39-46)70(9,10)29-28-68(50,5)6/h21-27,36-43H,28-35H2,1-20H3. The zero-order chi connectivity index (χ0) is 56.5. The van der Waals surface area contributed by atoms with Crippen molar-refractivity contribution in [3.05, 3.63) is 147 Å². The quantitative estimate of drug-likeness (QED) is 0.163. The molecule has 6 aromatic carbocycles. The molecule has 4 aliphatic carbocycles. The van der Waals surface area contributed by atoms with Crippen molar-refractivity contribution in [1.29, 1.82) is 0 Å². The van der Waals surface area contributed by atoms with Gasteiger partial charge in [-0.1, -0.05) is 168 Å². The zero-order valence-electron chi connectivity index (χ0n) is 52.2. The molecule has 2 nitrogen and oxygen atoms in total. The molecule has 1 aromatic heterocycles. The van der Waals surface area contributed by atoms with Gasteiger partial charge in [0.2, 0.25) is 0 Å². The molecular formula is C75H91BN2S. The summed E-state index contributed by atoms with van der Waals surface area (Å²) in [5, 5.41) is 1.41. The summed E-state index contributed by atoms with van der Waals surface area (Å²) in [4.78, 5) is 5.59. The smallest absolute Gasteiger partial charge is 0.264 e. The van der Waals surface area contributed by atoms with E-state index in [1.54, 1.807) is 11.1 Å². The lowest BCUT2D eigenvalue weighted by Crippen LogP contribution is -2.60. The van der Waals surface area contributed by atoms with Gasteiger partial charge in [0.1, 0.15) is 0 Å². The molecule has 0 fully saturated rings. The maximum atomic E-state index is 2.80. The van der Waals surface area contributed by atoms with E-state index in [1.807, 2.05) is 0 Å². The van der Waals surface area contributed by atoms with Crippen LogP contribution in [0, 0.1) is 6.92 Å². The molecule has 7 aromatic rings. The average molecular weight is 1060 g/mol. The van der Waals surface area contributed by atoms with Crippen molar-refractivity contribution in [1.82, 2.24) is 0 Å². The monoisotopic (exact) mass is 1060 g/mol. The third kappa shape index (κ3) is 7.80. The van der Waals surface area contributed by atoms with Crippen molar-refractivity contribution in [2.45, 2.75) is 239 Å². The zero-order valence-corrected chi connectivity index (χ0v) is 53.0. The first kappa shape index (κ1) is 53.3. The number of nitrogens with zero attached hydrogens (tertiary/aromatic N) is 2. The molecule has 4 heteroatoms. The number of rotatable bonds is 3. The highest BCUT2D eigenvalue weighted by molar-refractivity contribution is 7.33. The van der Waals surface area contributed by atoms with Gasteiger partial charge in [-0.2, -0.15) is 0 Å². The van der Waals surface area contributed by atoms with Crippen LogP contribution in [0.25, 0.3) is 21.2 Å². The summed E-state index contributed by atoms with van der Waals surface area (Å²) >= 11 is 2.09. The van der Waals surface area contributed by atoms with Crippen LogP contribution in [0.4, 0.5) is 34.1 Å². The minimum Gasteiger partial charge on any atom is -0.311 e. The first-order valence-corrected chi connectivity index (χ1v) is 31.4. The van der Waals surface area contributed by atoms with Crippen LogP contribution < -0.4 is 25.5 Å². The first-order valence-electron chi connectivity index (χ1n) is 30.6. The summed E-state index contributed by atoms with van der Waals surface area (Å²) in [7, 11) is 0. The summed E-state index contributed by atoms with van der Waals surface area (Å²) in [6.07, 6.45) is 9.47. The Morgan fingerprint density at radius 3 is 1.53 bits per heavy atom. The van der Waals surface area contributed by atoms with E-state index in [4.69, 9.17) is 0 Å². The van der Waals surface area contributed by atoms with E-state index >= 15 is 0 Å². The van der Waals surface area contributed by atoms with Gasteiger partial charge in [0.15, 0.2) is 0 Å². The number of thiophene rings is 1. The SMILES string of the molecule is Cc1cc2c3c(c1)N(c1ccc4c(c1)C(C)(C)CCC4(C)C)c1c(sc4cc5c(cc14)C(C)(C)CCC5(C)C)B3c1cc(C(C)(C)C)ccc1N2c1cc2c(cc1-c1cccc3c1C(C)(C)CCC3(C)C)C(C)(C)CCC2(C)C. The molecule has 0 saturated carbocycles. The van der Waals surface area contributed by atoms with E-state index in [0.717, 1.165) is 6.42 Å². The Labute approximate surface area is 481 Å². The maximum Gasteiger partial charge on any atom is 0.264 e. The Morgan fingerprint density at radius 2 is 0.937 bits per heavy atom. The molecule has 0 bridgehead atoms. The van der Waals surface area contributed by atoms with Crippen molar-refractivity contribution in [2.24, 2.45) is 0 Å². The molecule has 0 saturated heterocycles. The maximum absolute atomic E-state index is 2.80. The van der Waals surface area contributed by atoms with Gasteiger partial charge < -0.3 is 9.80 Å². The van der Waals surface area contributed by atoms with Gasteiger partial charge in [0.25, 0.3) is 6.71 Å². The van der Waals surface area contributed by atoms with Crippen LogP contribution in [0.3, 0.4) is 0 Å². The number of benzene rings is 6. The molecular weight excluding hydrogens is 972 g/mol. The van der Waals surface area contributed by atoms with Crippen molar-refractivity contribution in [3.63, 3.8) is 0 Å². The van der Waals surface area contributed by atoms with Gasteiger partial charge in [0.05, 0.1) is 11.4 Å². The fraction of sp³-hybridized carbons (Fsp3) is 0.493. The lowest BCUT2D eigenvalue weighted by Gasteiger charge is -2.47. The van der Waals surface area contributed by atoms with Crippen LogP contribution in [0.15, 0.2) is 91.0 Å². The fourth-order valence-electron chi connectivity index (χ4n) is 16.3. The summed E-state index contributed by atoms with van der Waals surface area (Å²) < 4.78 is 2.90. The largest absolute Gasteiger partial charge is 0.311 e. The van der Waals surface area contributed by atoms with E-state index in [9.17, 15) is 0 Å². The Balaban J connectivity index is 1.18. The molecule has 0 unspecified atom stereocenters. The number of fused-ring (bicyclic) bond motifs is 10. The lowest BCUT2D eigenvalue weighted by atomic mass is 9.36. The van der Waals surface area contributed by atoms with E-state index in [0.29, 0.717) is 0 Å². The number of hydrogen-bond acceptors (Lipinski definition) is 3. The number of anilines is 6. The minimum atomic E-state index is -0.0477. The van der Waals surface area contributed by atoms with Crippen LogP contribution in [-0.4, -0.2) is 6.71 Å². The van der Waals surface area contributed by atoms with Gasteiger partial charge in [0, 0.05) is 43.2 Å². The third-order valence-corrected chi connectivity index (χ3v) is 23.3. The average Bonchev–Trinajstić information content (AvgIpc) is 3.84. The molecule has 3 heterocycles. The van der Waals surface area contributed by atoms with Crippen LogP contribution in [0.5, 0.6) is 0 Å². The van der Waals surface area contributed by atoms with Crippen LogP contribution in [-0.2, 0) is 48.7 Å². The summed E-state index contributed by atoms with van der Waals surface area (Å²) in [6, 6.07) is 38.7. The van der Waals surface area contributed by atoms with Crippen molar-refractivity contribution in [2.75, 3.05) is 9.80 Å². The molecule has 0 atom stereocenters. The Hall–Kier alpha value is -5.06. The normalized spacial score (nSPS) is 21.7. The lowest BCUT2D eigenvalue weighted by molar-refractivity contribution is 0.331. The summed E-state index contributed by atoms with van der Waals surface area (Å²) in [5.74, 6) is 0. The predicted molar refractivity (Wildman–Crippen MR) is 346 cm³/mol. The third-order valence-electron chi connectivity index (χ3n) is 22.1. The molecule has 0 amide bonds. The van der Waals surface area contributed by atoms with Gasteiger partial charge in [-0.15, -0.1) is 11.3 Å². The van der Waals surface area contributed by atoms with E-state index < -0.39 is 0 Å². The fourth-order valence-corrected chi connectivity index (χ4v) is 17.7. The summed E-state index contributed by atoms with van der Waals surface area (Å²) in [6.45, 7) is 49.7. The van der Waals surface area contributed by atoms with Crippen LogP contribution in [0.2, 0.25) is 0 Å². The van der Waals surface area contributed by atoms with Crippen LogP contribution >= 0.6 is 11.3 Å². The number of hydrogen-bond donors (Lipinski definition) is 0. The molecule has 2 aliphatic heterocycles. The van der Waals surface area contributed by atoms with Crippen molar-refractivity contribution in [3.8, 4) is 11.1 Å². The minimum absolute atomic E-state index is 0.0125. The van der Waals surface area contributed by atoms with E-state index in [2.05, 4.69) is 251 Å². The Morgan fingerprint density at radius 1 is 0.430 bits per heavy atom. The van der Waals surface area contributed by atoms with Gasteiger partial charge in [-0.25, -0.2) is 0 Å². The molecule has 13 rings (SSSR count). The predicted octanol–water partition coefficient (Wildman–Crippen LogP) is 19.7. The highest BCUT2D eigenvalue weighted by atomic mass is 32.1. The van der Waals surface area contributed by atoms with Gasteiger partial charge >= 0.3 is 0 Å².